The van der Waals surface area contributed by atoms with Crippen LogP contribution >= 0.6 is 11.6 Å². The first-order chi connectivity index (χ1) is 14.9. The van der Waals surface area contributed by atoms with E-state index in [1.807, 2.05) is 4.90 Å². The number of rotatable bonds is 7. The van der Waals surface area contributed by atoms with Gasteiger partial charge in [0, 0.05) is 49.4 Å². The fourth-order valence-electron chi connectivity index (χ4n) is 3.70. The maximum Gasteiger partial charge on any atom is 0.313 e. The molecule has 4 rings (SSSR count). The molecule has 2 aromatic rings. The van der Waals surface area contributed by atoms with Gasteiger partial charge in [0.25, 0.3) is 5.91 Å². The van der Waals surface area contributed by atoms with Gasteiger partial charge in [0.2, 0.25) is 5.75 Å². The Labute approximate surface area is 185 Å². The largest absolute Gasteiger partial charge is 0.493 e. The summed E-state index contributed by atoms with van der Waals surface area (Å²) in [6.07, 6.45) is 2.65. The van der Waals surface area contributed by atoms with Crippen LogP contribution in [0.1, 0.15) is 23.2 Å². The SMILES string of the molecule is COc1cc(C(=O)N2CCN(CC3CC3)CC2)ccc1Oc1ccc(Cl)cc1[N+](=O)[O-]. The van der Waals surface area contributed by atoms with Gasteiger partial charge in [-0.15, -0.1) is 0 Å². The zero-order valence-corrected chi connectivity index (χ0v) is 18.0. The fraction of sp³-hybridized carbons (Fsp3) is 0.409. The van der Waals surface area contributed by atoms with Gasteiger partial charge in [-0.1, -0.05) is 11.6 Å². The van der Waals surface area contributed by atoms with Crippen LogP contribution < -0.4 is 9.47 Å². The van der Waals surface area contributed by atoms with Crippen LogP contribution in [0.3, 0.4) is 0 Å². The van der Waals surface area contributed by atoms with Crippen LogP contribution in [0, 0.1) is 16.0 Å². The Hall–Kier alpha value is -2.84. The van der Waals surface area contributed by atoms with Crippen molar-refractivity contribution in [1.82, 2.24) is 9.80 Å². The van der Waals surface area contributed by atoms with E-state index >= 15 is 0 Å². The molecule has 0 atom stereocenters. The molecule has 0 radical (unpaired) electrons. The van der Waals surface area contributed by atoms with Gasteiger partial charge in [0.15, 0.2) is 11.5 Å². The van der Waals surface area contributed by atoms with Gasteiger partial charge >= 0.3 is 5.69 Å². The van der Waals surface area contributed by atoms with Gasteiger partial charge in [-0.2, -0.15) is 0 Å². The summed E-state index contributed by atoms with van der Waals surface area (Å²) in [6.45, 7) is 4.31. The van der Waals surface area contributed by atoms with Crippen molar-refractivity contribution in [2.75, 3.05) is 39.8 Å². The number of benzene rings is 2. The topological polar surface area (TPSA) is 85.2 Å². The Kier molecular flexibility index (Phi) is 6.29. The molecular formula is C22H24ClN3O5. The molecule has 0 aromatic heterocycles. The molecule has 1 saturated carbocycles. The van der Waals surface area contributed by atoms with E-state index in [0.717, 1.165) is 25.6 Å². The molecule has 1 heterocycles. The van der Waals surface area contributed by atoms with Crippen LogP contribution in [0.25, 0.3) is 0 Å². The van der Waals surface area contributed by atoms with Gasteiger partial charge in [-0.05, 0) is 49.1 Å². The number of ether oxygens (including phenoxy) is 2. The molecule has 1 aliphatic carbocycles. The summed E-state index contributed by atoms with van der Waals surface area (Å²) < 4.78 is 11.1. The van der Waals surface area contributed by atoms with Crippen molar-refractivity contribution < 1.29 is 19.2 Å². The number of nitrogens with zero attached hydrogens (tertiary/aromatic N) is 3. The molecule has 1 amide bonds. The lowest BCUT2D eigenvalue weighted by molar-refractivity contribution is -0.385. The average Bonchev–Trinajstić information content (AvgIpc) is 3.59. The Morgan fingerprint density at radius 3 is 2.45 bits per heavy atom. The Balaban J connectivity index is 1.47. The number of carbonyl (C=O) groups is 1. The zero-order chi connectivity index (χ0) is 22.0. The van der Waals surface area contributed by atoms with Crippen LogP contribution in [0.4, 0.5) is 5.69 Å². The molecule has 1 aliphatic heterocycles. The van der Waals surface area contributed by atoms with Crippen molar-refractivity contribution in [2.45, 2.75) is 12.8 Å². The molecule has 2 aromatic carbocycles. The zero-order valence-electron chi connectivity index (χ0n) is 17.3. The molecule has 8 nitrogen and oxygen atoms in total. The normalized spacial score (nSPS) is 16.8. The first kappa shape index (κ1) is 21.4. The predicted octanol–water partition coefficient (Wildman–Crippen LogP) is 4.22. The van der Waals surface area contributed by atoms with E-state index in [1.165, 1.54) is 38.2 Å². The molecule has 1 saturated heterocycles. The Morgan fingerprint density at radius 1 is 1.10 bits per heavy atom. The highest BCUT2D eigenvalue weighted by atomic mass is 35.5. The quantitative estimate of drug-likeness (QED) is 0.468. The van der Waals surface area contributed by atoms with Crippen molar-refractivity contribution >= 4 is 23.2 Å². The molecule has 0 bridgehead atoms. The van der Waals surface area contributed by atoms with E-state index in [9.17, 15) is 14.9 Å². The lowest BCUT2D eigenvalue weighted by Crippen LogP contribution is -2.49. The third-order valence-electron chi connectivity index (χ3n) is 5.62. The van der Waals surface area contributed by atoms with E-state index in [1.54, 1.807) is 18.2 Å². The highest BCUT2D eigenvalue weighted by molar-refractivity contribution is 6.30. The van der Waals surface area contributed by atoms with Crippen LogP contribution in [0.2, 0.25) is 5.02 Å². The van der Waals surface area contributed by atoms with E-state index in [2.05, 4.69) is 4.90 Å². The Morgan fingerprint density at radius 2 is 1.81 bits per heavy atom. The number of nitro groups is 1. The third kappa shape index (κ3) is 5.08. The highest BCUT2D eigenvalue weighted by Gasteiger charge is 2.28. The minimum atomic E-state index is -0.561. The summed E-state index contributed by atoms with van der Waals surface area (Å²) in [5.74, 6) is 1.42. The standard InChI is InChI=1S/C22H24ClN3O5/c1-30-21-12-16(22(27)25-10-8-24(9-11-25)14-15-2-3-15)4-6-20(21)31-19-7-5-17(23)13-18(19)26(28)29/h4-7,12-13,15H,2-3,8-11,14H2,1H3. The average molecular weight is 446 g/mol. The predicted molar refractivity (Wildman–Crippen MR) is 116 cm³/mol. The van der Waals surface area contributed by atoms with Crippen LogP contribution in [0.15, 0.2) is 36.4 Å². The first-order valence-corrected chi connectivity index (χ1v) is 10.6. The summed E-state index contributed by atoms with van der Waals surface area (Å²) in [5.41, 5.74) is 0.240. The van der Waals surface area contributed by atoms with Gasteiger partial charge in [0.05, 0.1) is 12.0 Å². The van der Waals surface area contributed by atoms with E-state index in [-0.39, 0.29) is 28.1 Å². The number of hydrogen-bond donors (Lipinski definition) is 0. The maximum absolute atomic E-state index is 13.0. The van der Waals surface area contributed by atoms with Crippen molar-refractivity contribution in [2.24, 2.45) is 5.92 Å². The smallest absolute Gasteiger partial charge is 0.313 e. The lowest BCUT2D eigenvalue weighted by atomic mass is 10.1. The Bertz CT molecular complexity index is 987. The number of amides is 1. The summed E-state index contributed by atoms with van der Waals surface area (Å²) >= 11 is 5.86. The maximum atomic E-state index is 13.0. The van der Waals surface area contributed by atoms with Crippen LogP contribution in [-0.2, 0) is 0 Å². The van der Waals surface area contributed by atoms with Crippen LogP contribution in [0.5, 0.6) is 17.2 Å². The van der Waals surface area contributed by atoms with Crippen molar-refractivity contribution in [3.8, 4) is 17.2 Å². The van der Waals surface area contributed by atoms with Gasteiger partial charge < -0.3 is 14.4 Å². The monoisotopic (exact) mass is 445 g/mol. The third-order valence-corrected chi connectivity index (χ3v) is 5.86. The van der Waals surface area contributed by atoms with Gasteiger partial charge in [-0.3, -0.25) is 19.8 Å². The molecule has 2 fully saturated rings. The molecular weight excluding hydrogens is 422 g/mol. The summed E-state index contributed by atoms with van der Waals surface area (Å²) in [4.78, 5) is 28.0. The fourth-order valence-corrected chi connectivity index (χ4v) is 3.87. The molecule has 9 heteroatoms. The minimum Gasteiger partial charge on any atom is -0.493 e. The van der Waals surface area contributed by atoms with Crippen molar-refractivity contribution in [3.63, 3.8) is 0 Å². The first-order valence-electron chi connectivity index (χ1n) is 10.3. The summed E-state index contributed by atoms with van der Waals surface area (Å²) in [5, 5.41) is 11.5. The number of methoxy groups -OCH3 is 1. The van der Waals surface area contributed by atoms with Gasteiger partial charge in [-0.25, -0.2) is 0 Å². The summed E-state index contributed by atoms with van der Waals surface area (Å²) in [7, 11) is 1.46. The summed E-state index contributed by atoms with van der Waals surface area (Å²) in [6, 6.07) is 9.02. The second-order valence-corrected chi connectivity index (χ2v) is 8.31. The number of hydrogen-bond acceptors (Lipinski definition) is 6. The molecule has 2 aliphatic rings. The molecule has 31 heavy (non-hydrogen) atoms. The second-order valence-electron chi connectivity index (χ2n) is 7.87. The lowest BCUT2D eigenvalue weighted by Gasteiger charge is -2.34. The number of carbonyl (C=O) groups excluding carboxylic acids is 1. The van der Waals surface area contributed by atoms with E-state index in [0.29, 0.717) is 24.4 Å². The highest BCUT2D eigenvalue weighted by Crippen LogP contribution is 2.38. The molecule has 164 valence electrons. The van der Waals surface area contributed by atoms with Crippen LogP contribution in [-0.4, -0.2) is 60.5 Å². The van der Waals surface area contributed by atoms with E-state index in [4.69, 9.17) is 21.1 Å². The van der Waals surface area contributed by atoms with Crippen molar-refractivity contribution in [1.29, 1.82) is 0 Å². The number of halogens is 1. The molecule has 0 spiro atoms. The van der Waals surface area contributed by atoms with E-state index < -0.39 is 4.92 Å². The number of piperazine rings is 1. The molecule has 0 unspecified atom stereocenters. The number of nitro benzene ring substituents is 1. The molecule has 0 N–H and O–H groups in total. The van der Waals surface area contributed by atoms with Crippen molar-refractivity contribution in [3.05, 3.63) is 57.1 Å². The van der Waals surface area contributed by atoms with Gasteiger partial charge in [0.1, 0.15) is 0 Å². The minimum absolute atomic E-state index is 0.0403. The second kappa shape index (κ2) is 9.11.